The van der Waals surface area contributed by atoms with Gasteiger partial charge in [0.1, 0.15) is 5.60 Å². The van der Waals surface area contributed by atoms with E-state index in [1.807, 2.05) is 30.3 Å². The Morgan fingerprint density at radius 2 is 1.89 bits per heavy atom. The number of hydrogen-bond acceptors (Lipinski definition) is 5. The van der Waals surface area contributed by atoms with Gasteiger partial charge >= 0.3 is 0 Å². The van der Waals surface area contributed by atoms with Gasteiger partial charge in [0.25, 0.3) is 10.0 Å². The van der Waals surface area contributed by atoms with Crippen LogP contribution in [0.4, 0.5) is 0 Å². The van der Waals surface area contributed by atoms with Gasteiger partial charge in [-0.15, -0.1) is 0 Å². The third-order valence-electron chi connectivity index (χ3n) is 5.14. The second-order valence-corrected chi connectivity index (χ2v) is 9.03. The van der Waals surface area contributed by atoms with Gasteiger partial charge in [-0.2, -0.15) is 4.31 Å². The molecule has 2 fully saturated rings. The van der Waals surface area contributed by atoms with Crippen molar-refractivity contribution in [2.45, 2.75) is 36.4 Å². The molecule has 0 atom stereocenters. The van der Waals surface area contributed by atoms with Crippen LogP contribution in [0.5, 0.6) is 0 Å². The molecule has 0 bridgehead atoms. The summed E-state index contributed by atoms with van der Waals surface area (Å²) in [6.07, 6.45) is 4.22. The Morgan fingerprint density at radius 1 is 1.19 bits per heavy atom. The number of benzene rings is 1. The van der Waals surface area contributed by atoms with Crippen molar-refractivity contribution >= 4 is 15.9 Å². The first kappa shape index (κ1) is 18.1. The summed E-state index contributed by atoms with van der Waals surface area (Å²) < 4.78 is 28.4. The van der Waals surface area contributed by atoms with E-state index in [-0.39, 0.29) is 17.4 Å². The van der Waals surface area contributed by atoms with Gasteiger partial charge in [0.15, 0.2) is 5.03 Å². The smallest absolute Gasteiger partial charge is 0.262 e. The summed E-state index contributed by atoms with van der Waals surface area (Å²) in [6.45, 7) is 1.02. The van der Waals surface area contributed by atoms with Crippen molar-refractivity contribution < 1.29 is 18.0 Å². The van der Waals surface area contributed by atoms with E-state index in [4.69, 9.17) is 4.84 Å². The fourth-order valence-corrected chi connectivity index (χ4v) is 5.01. The van der Waals surface area contributed by atoms with E-state index in [9.17, 15) is 13.2 Å². The minimum atomic E-state index is -3.62. The predicted molar refractivity (Wildman–Crippen MR) is 96.6 cm³/mol. The first-order chi connectivity index (χ1) is 12.9. The first-order valence-corrected chi connectivity index (χ1v) is 10.3. The summed E-state index contributed by atoms with van der Waals surface area (Å²) in [4.78, 5) is 22.4. The second kappa shape index (κ2) is 6.74. The number of piperidine rings is 1. The van der Waals surface area contributed by atoms with E-state index >= 15 is 0 Å². The monoisotopic (exact) mass is 390 g/mol. The zero-order chi connectivity index (χ0) is 19.1. The molecule has 0 aliphatic carbocycles. The van der Waals surface area contributed by atoms with E-state index in [1.165, 1.54) is 21.9 Å². The molecule has 2 aromatic rings. The van der Waals surface area contributed by atoms with Crippen molar-refractivity contribution in [2.75, 3.05) is 13.1 Å². The van der Waals surface area contributed by atoms with Crippen LogP contribution in [-0.4, -0.2) is 51.9 Å². The molecule has 9 heteroatoms. The summed E-state index contributed by atoms with van der Waals surface area (Å²) in [7, 11) is -1.88. The summed E-state index contributed by atoms with van der Waals surface area (Å²) in [6, 6.07) is 9.67. The number of sulfonamides is 1. The van der Waals surface area contributed by atoms with Gasteiger partial charge in [0.05, 0.1) is 19.3 Å². The third-order valence-corrected chi connectivity index (χ3v) is 6.93. The van der Waals surface area contributed by atoms with Crippen molar-refractivity contribution in [1.29, 1.82) is 0 Å². The molecule has 1 amide bonds. The highest BCUT2D eigenvalue weighted by Crippen LogP contribution is 2.38. The highest BCUT2D eigenvalue weighted by atomic mass is 32.2. The van der Waals surface area contributed by atoms with Crippen LogP contribution in [-0.2, 0) is 33.2 Å². The van der Waals surface area contributed by atoms with E-state index in [0.29, 0.717) is 32.5 Å². The summed E-state index contributed by atoms with van der Waals surface area (Å²) in [5.74, 6) is -0.0557. The number of nitrogens with zero attached hydrogens (tertiary/aromatic N) is 4. The standard InChI is InChI=1S/C18H22N4O4S/c1-20-13-16(19-14-20)27(24,25)21-9-7-18(8-10-21)11-17(23)22(26-18)12-15-5-3-2-4-6-15/h2-6,13-14H,7-12H2,1H3. The van der Waals surface area contributed by atoms with Crippen LogP contribution >= 0.6 is 0 Å². The molecular formula is C18H22N4O4S. The fraction of sp³-hybridized carbons (Fsp3) is 0.444. The lowest BCUT2D eigenvalue weighted by molar-refractivity contribution is -0.212. The molecule has 3 heterocycles. The molecule has 8 nitrogen and oxygen atoms in total. The number of carbonyl (C=O) groups is 1. The molecular weight excluding hydrogens is 368 g/mol. The summed E-state index contributed by atoms with van der Waals surface area (Å²) >= 11 is 0. The molecule has 1 aromatic heterocycles. The van der Waals surface area contributed by atoms with Crippen LogP contribution in [0.1, 0.15) is 24.8 Å². The molecule has 2 saturated heterocycles. The van der Waals surface area contributed by atoms with Gasteiger partial charge in [0, 0.05) is 26.3 Å². The number of aryl methyl sites for hydroxylation is 1. The van der Waals surface area contributed by atoms with Gasteiger partial charge < -0.3 is 4.57 Å². The number of hydrogen-bond donors (Lipinski definition) is 0. The first-order valence-electron chi connectivity index (χ1n) is 8.90. The number of carbonyl (C=O) groups excluding carboxylic acids is 1. The van der Waals surface area contributed by atoms with Gasteiger partial charge in [-0.05, 0) is 18.4 Å². The maximum Gasteiger partial charge on any atom is 0.262 e. The Balaban J connectivity index is 1.42. The van der Waals surface area contributed by atoms with Crippen LogP contribution < -0.4 is 0 Å². The van der Waals surface area contributed by atoms with Crippen molar-refractivity contribution in [3.8, 4) is 0 Å². The molecule has 1 spiro atoms. The van der Waals surface area contributed by atoms with Gasteiger partial charge in [-0.3, -0.25) is 9.63 Å². The average Bonchev–Trinajstić information content (AvgIpc) is 3.21. The van der Waals surface area contributed by atoms with Crippen LogP contribution in [0, 0.1) is 0 Å². The Morgan fingerprint density at radius 3 is 2.52 bits per heavy atom. The van der Waals surface area contributed by atoms with E-state index in [1.54, 1.807) is 11.6 Å². The largest absolute Gasteiger partial charge is 0.339 e. The molecule has 0 unspecified atom stereocenters. The maximum absolute atomic E-state index is 12.7. The zero-order valence-electron chi connectivity index (χ0n) is 15.1. The van der Waals surface area contributed by atoms with Crippen molar-refractivity contribution in [3.05, 3.63) is 48.4 Å². The molecule has 27 heavy (non-hydrogen) atoms. The molecule has 0 saturated carbocycles. The molecule has 2 aliphatic rings. The van der Waals surface area contributed by atoms with Crippen molar-refractivity contribution in [2.24, 2.45) is 7.05 Å². The van der Waals surface area contributed by atoms with Gasteiger partial charge in [-0.25, -0.2) is 18.5 Å². The maximum atomic E-state index is 12.7. The third kappa shape index (κ3) is 3.50. The number of imidazole rings is 1. The van der Waals surface area contributed by atoms with Gasteiger partial charge in [0.2, 0.25) is 5.91 Å². The van der Waals surface area contributed by atoms with Gasteiger partial charge in [-0.1, -0.05) is 30.3 Å². The average molecular weight is 390 g/mol. The lowest BCUT2D eigenvalue weighted by atomic mass is 9.89. The van der Waals surface area contributed by atoms with Crippen LogP contribution in [0.25, 0.3) is 0 Å². The topological polar surface area (TPSA) is 84.7 Å². The quantitative estimate of drug-likeness (QED) is 0.786. The summed E-state index contributed by atoms with van der Waals surface area (Å²) in [5, 5.41) is 1.47. The number of aromatic nitrogens is 2. The summed E-state index contributed by atoms with van der Waals surface area (Å²) in [5.41, 5.74) is 0.389. The lowest BCUT2D eigenvalue weighted by Crippen LogP contribution is -2.47. The highest BCUT2D eigenvalue weighted by molar-refractivity contribution is 7.89. The molecule has 144 valence electrons. The minimum Gasteiger partial charge on any atom is -0.339 e. The van der Waals surface area contributed by atoms with Crippen molar-refractivity contribution in [3.63, 3.8) is 0 Å². The van der Waals surface area contributed by atoms with E-state index < -0.39 is 15.6 Å². The predicted octanol–water partition coefficient (Wildman–Crippen LogP) is 1.31. The van der Waals surface area contributed by atoms with Crippen LogP contribution in [0.3, 0.4) is 0 Å². The van der Waals surface area contributed by atoms with Crippen molar-refractivity contribution in [1.82, 2.24) is 18.9 Å². The Bertz CT molecular complexity index is 933. The van der Waals surface area contributed by atoms with Crippen LogP contribution in [0.15, 0.2) is 47.9 Å². The molecule has 2 aliphatic heterocycles. The minimum absolute atomic E-state index is 0.0510. The molecule has 0 N–H and O–H groups in total. The Hall–Kier alpha value is -2.23. The molecule has 1 aromatic carbocycles. The number of rotatable bonds is 4. The fourth-order valence-electron chi connectivity index (χ4n) is 3.61. The van der Waals surface area contributed by atoms with E-state index in [2.05, 4.69) is 4.98 Å². The Kier molecular flexibility index (Phi) is 4.53. The SMILES string of the molecule is Cn1cnc(S(=O)(=O)N2CCC3(CC2)CC(=O)N(Cc2ccccc2)O3)c1. The lowest BCUT2D eigenvalue weighted by Gasteiger charge is -2.36. The van der Waals surface area contributed by atoms with E-state index in [0.717, 1.165) is 5.56 Å². The second-order valence-electron chi connectivity index (χ2n) is 7.15. The normalized spacial score (nSPS) is 20.5. The Labute approximate surface area is 158 Å². The molecule has 0 radical (unpaired) electrons. The zero-order valence-corrected chi connectivity index (χ0v) is 15.9. The molecule has 4 rings (SSSR count). The number of amides is 1. The number of hydroxylamine groups is 2. The highest BCUT2D eigenvalue weighted by Gasteiger charge is 2.48. The van der Waals surface area contributed by atoms with Crippen LogP contribution in [0.2, 0.25) is 0 Å².